The number of fused-ring (bicyclic) bond motifs is 3. The molecule has 3 heterocycles. The first-order chi connectivity index (χ1) is 17.9. The van der Waals surface area contributed by atoms with Crippen molar-refractivity contribution in [2.75, 3.05) is 12.0 Å². The zero-order valence-electron chi connectivity index (χ0n) is 21.1. The van der Waals surface area contributed by atoms with Crippen LogP contribution in [-0.4, -0.2) is 49.8 Å². The average Bonchev–Trinajstić information content (AvgIpc) is 3.58. The highest BCUT2D eigenvalue weighted by Crippen LogP contribution is 2.52. The van der Waals surface area contributed by atoms with Gasteiger partial charge in [0.1, 0.15) is 0 Å². The Labute approximate surface area is 214 Å². The third kappa shape index (κ3) is 3.98. The molecular weight excluding hydrogens is 474 g/mol. The number of nitrogens with zero attached hydrogens (tertiary/aromatic N) is 5. The van der Waals surface area contributed by atoms with Crippen molar-refractivity contribution in [3.63, 3.8) is 0 Å². The molecule has 2 aliphatic carbocycles. The molecule has 194 valence electrons. The number of aromatic nitrogens is 4. The molecule has 10 heteroatoms. The Morgan fingerprint density at radius 3 is 2.54 bits per heavy atom. The first kappa shape index (κ1) is 23.7. The molecule has 6 rings (SSSR count). The number of carbonyl (C=O) groups is 2. The fraction of sp³-hybridized carbons (Fsp3) is 0.519. The summed E-state index contributed by atoms with van der Waals surface area (Å²) in [6.45, 7) is 2.03. The smallest absolute Gasteiger partial charge is 0.414 e. The van der Waals surface area contributed by atoms with Crippen LogP contribution in [0.2, 0.25) is 0 Å². The predicted molar refractivity (Wildman–Crippen MR) is 135 cm³/mol. The molecule has 2 fully saturated rings. The van der Waals surface area contributed by atoms with Gasteiger partial charge >= 0.3 is 12.1 Å². The summed E-state index contributed by atoms with van der Waals surface area (Å²) in [5.74, 6) is 0.289. The lowest BCUT2D eigenvalue weighted by Crippen LogP contribution is -2.42. The molecule has 1 atom stereocenters. The molecule has 2 aromatic heterocycles. The second-order valence-electron chi connectivity index (χ2n) is 10.4. The lowest BCUT2D eigenvalue weighted by molar-refractivity contribution is -0.143. The highest BCUT2D eigenvalue weighted by atomic mass is 16.5. The molecule has 2 saturated carbocycles. The second kappa shape index (κ2) is 9.00. The number of benzene rings is 1. The Morgan fingerprint density at radius 1 is 1.11 bits per heavy atom. The number of carboxylic acid groups (broad SMARTS) is 1. The van der Waals surface area contributed by atoms with E-state index in [4.69, 9.17) is 14.5 Å². The summed E-state index contributed by atoms with van der Waals surface area (Å²) in [5, 5.41) is 9.53. The van der Waals surface area contributed by atoms with Crippen LogP contribution < -0.4 is 9.64 Å². The normalized spacial score (nSPS) is 24.4. The third-order valence-electron chi connectivity index (χ3n) is 8.19. The molecule has 0 radical (unpaired) electrons. The molecule has 0 saturated heterocycles. The van der Waals surface area contributed by atoms with Crippen molar-refractivity contribution in [3.05, 3.63) is 42.1 Å². The minimum absolute atomic E-state index is 0.0278. The number of hydrogen-bond donors (Lipinski definition) is 1. The highest BCUT2D eigenvalue weighted by Gasteiger charge is 2.53. The van der Waals surface area contributed by atoms with Gasteiger partial charge in [0, 0.05) is 30.0 Å². The number of methoxy groups -OCH3 is 1. The minimum atomic E-state index is -0.718. The van der Waals surface area contributed by atoms with Gasteiger partial charge in [0.2, 0.25) is 5.88 Å². The van der Waals surface area contributed by atoms with E-state index >= 15 is 0 Å². The van der Waals surface area contributed by atoms with Gasteiger partial charge < -0.3 is 19.1 Å². The zero-order chi connectivity index (χ0) is 25.7. The van der Waals surface area contributed by atoms with Crippen LogP contribution >= 0.6 is 0 Å². The maximum Gasteiger partial charge on any atom is 0.414 e. The van der Waals surface area contributed by atoms with Gasteiger partial charge in [-0.2, -0.15) is 0 Å². The average molecular weight is 506 g/mol. The highest BCUT2D eigenvalue weighted by molar-refractivity contribution is 5.95. The molecule has 1 unspecified atom stereocenters. The number of amides is 1. The van der Waals surface area contributed by atoms with Crippen molar-refractivity contribution in [1.29, 1.82) is 0 Å². The maximum absolute atomic E-state index is 12.7. The molecule has 1 N–H and O–H groups in total. The number of anilines is 1. The van der Waals surface area contributed by atoms with Crippen molar-refractivity contribution < 1.29 is 24.2 Å². The molecule has 1 amide bonds. The zero-order valence-corrected chi connectivity index (χ0v) is 21.1. The lowest BCUT2D eigenvalue weighted by atomic mass is 9.85. The fourth-order valence-electron chi connectivity index (χ4n) is 6.07. The SMILES string of the molecule is COC(=O)N1c2ccc3c(nc(C4(Oc5cnccn5)CC4)n3C3CCC(C(=O)O)CC3)c2CCC1C. The maximum atomic E-state index is 12.7. The number of carboxylic acids is 1. The second-order valence-corrected chi connectivity index (χ2v) is 10.4. The van der Waals surface area contributed by atoms with Crippen molar-refractivity contribution in [2.45, 2.75) is 76.0 Å². The number of hydrogen-bond acceptors (Lipinski definition) is 7. The van der Waals surface area contributed by atoms with E-state index in [1.807, 2.05) is 19.1 Å². The van der Waals surface area contributed by atoms with E-state index in [2.05, 4.69) is 14.5 Å². The summed E-state index contributed by atoms with van der Waals surface area (Å²) in [4.78, 5) is 39.7. The van der Waals surface area contributed by atoms with Gasteiger partial charge in [-0.3, -0.25) is 14.7 Å². The van der Waals surface area contributed by atoms with Crippen LogP contribution in [0.5, 0.6) is 5.88 Å². The summed E-state index contributed by atoms with van der Waals surface area (Å²) in [5.41, 5.74) is 3.15. The van der Waals surface area contributed by atoms with Crippen molar-refractivity contribution in [3.8, 4) is 5.88 Å². The van der Waals surface area contributed by atoms with Gasteiger partial charge in [0.15, 0.2) is 11.4 Å². The van der Waals surface area contributed by atoms with E-state index in [1.54, 1.807) is 23.5 Å². The van der Waals surface area contributed by atoms with Crippen LogP contribution in [0, 0.1) is 5.92 Å². The summed E-state index contributed by atoms with van der Waals surface area (Å²) < 4.78 is 13.8. The van der Waals surface area contributed by atoms with Crippen molar-refractivity contribution in [1.82, 2.24) is 19.5 Å². The molecule has 3 aliphatic rings. The molecule has 10 nitrogen and oxygen atoms in total. The van der Waals surface area contributed by atoms with E-state index < -0.39 is 11.6 Å². The predicted octanol–water partition coefficient (Wildman–Crippen LogP) is 4.62. The van der Waals surface area contributed by atoms with Crippen LogP contribution in [0.3, 0.4) is 0 Å². The first-order valence-electron chi connectivity index (χ1n) is 13.0. The van der Waals surface area contributed by atoms with Gasteiger partial charge in [0.25, 0.3) is 0 Å². The van der Waals surface area contributed by atoms with E-state index in [9.17, 15) is 14.7 Å². The Kier molecular flexibility index (Phi) is 5.77. The van der Waals surface area contributed by atoms with Gasteiger partial charge in [-0.25, -0.2) is 14.8 Å². The number of carbonyl (C=O) groups excluding carboxylic acids is 1. The van der Waals surface area contributed by atoms with Gasteiger partial charge in [0.05, 0.1) is 35.9 Å². The lowest BCUT2D eigenvalue weighted by Gasteiger charge is -2.34. The fourth-order valence-corrected chi connectivity index (χ4v) is 6.07. The molecule has 1 aromatic carbocycles. The van der Waals surface area contributed by atoms with Crippen molar-refractivity contribution in [2.24, 2.45) is 5.92 Å². The molecule has 0 bridgehead atoms. The summed E-state index contributed by atoms with van der Waals surface area (Å²) >= 11 is 0. The molecule has 1 aliphatic heterocycles. The molecule has 0 spiro atoms. The van der Waals surface area contributed by atoms with Crippen LogP contribution in [0.25, 0.3) is 11.0 Å². The number of ether oxygens (including phenoxy) is 2. The number of aryl methyl sites for hydroxylation is 1. The molecule has 3 aromatic rings. The van der Waals surface area contributed by atoms with Gasteiger partial charge in [-0.05, 0) is 70.4 Å². The summed E-state index contributed by atoms with van der Waals surface area (Å²) in [6, 6.07) is 4.19. The Bertz CT molecular complexity index is 1340. The first-order valence-corrected chi connectivity index (χ1v) is 13.0. The van der Waals surface area contributed by atoms with Crippen LogP contribution in [0.4, 0.5) is 10.5 Å². The Morgan fingerprint density at radius 2 is 1.89 bits per heavy atom. The third-order valence-corrected chi connectivity index (χ3v) is 8.19. The largest absolute Gasteiger partial charge is 0.481 e. The van der Waals surface area contributed by atoms with Crippen LogP contribution in [-0.2, 0) is 21.6 Å². The van der Waals surface area contributed by atoms with E-state index in [-0.39, 0.29) is 24.1 Å². The van der Waals surface area contributed by atoms with E-state index in [0.717, 1.165) is 66.6 Å². The number of imidazole rings is 1. The van der Waals surface area contributed by atoms with Gasteiger partial charge in [-0.15, -0.1) is 0 Å². The monoisotopic (exact) mass is 505 g/mol. The van der Waals surface area contributed by atoms with E-state index in [1.165, 1.54) is 7.11 Å². The van der Waals surface area contributed by atoms with Crippen molar-refractivity contribution >= 4 is 28.8 Å². The topological polar surface area (TPSA) is 120 Å². The minimum Gasteiger partial charge on any atom is -0.481 e. The quantitative estimate of drug-likeness (QED) is 0.534. The van der Waals surface area contributed by atoms with E-state index in [0.29, 0.717) is 18.7 Å². The Balaban J connectivity index is 1.48. The molecule has 37 heavy (non-hydrogen) atoms. The van der Waals surface area contributed by atoms with Crippen LogP contribution in [0.1, 0.15) is 69.3 Å². The number of aliphatic carboxylic acids is 1. The number of rotatable bonds is 5. The summed E-state index contributed by atoms with van der Waals surface area (Å²) in [6.07, 6.45) is 10.5. The standard InChI is InChI=1S/C27H31N5O5/c1-16-3-8-19-20(31(16)26(35)36-2)9-10-21-23(19)30-25(27(11-12-27)37-22-15-28-13-14-29-22)32(21)18-6-4-17(5-7-18)24(33)34/h9-10,13-18H,3-8,11-12H2,1-2H3,(H,33,34). The Hall–Kier alpha value is -3.69. The van der Waals surface area contributed by atoms with Gasteiger partial charge in [-0.1, -0.05) is 0 Å². The van der Waals surface area contributed by atoms with Crippen LogP contribution in [0.15, 0.2) is 30.7 Å². The molecular formula is C27H31N5O5. The summed E-state index contributed by atoms with van der Waals surface area (Å²) in [7, 11) is 1.41.